The van der Waals surface area contributed by atoms with Gasteiger partial charge in [-0.25, -0.2) is 4.98 Å². The van der Waals surface area contributed by atoms with Crippen molar-refractivity contribution >= 4 is 22.6 Å². The standard InChI is InChI=1S/C16H24ClN3/c1-11-6-7-14-15(10-11)20(16(18-14)13(3)17)12(2)8-9-19(4)5/h6-7,10,12-13H,8-9H2,1-5H3. The molecule has 0 aliphatic rings. The Morgan fingerprint density at radius 2 is 2.00 bits per heavy atom. The minimum atomic E-state index is -0.0792. The first kappa shape index (κ1) is 15.3. The second-order valence-corrected chi connectivity index (χ2v) is 6.54. The molecule has 1 aromatic carbocycles. The van der Waals surface area contributed by atoms with E-state index in [9.17, 15) is 0 Å². The van der Waals surface area contributed by atoms with Gasteiger partial charge in [-0.15, -0.1) is 11.6 Å². The Morgan fingerprint density at radius 3 is 2.60 bits per heavy atom. The van der Waals surface area contributed by atoms with Gasteiger partial charge in [0.2, 0.25) is 0 Å². The van der Waals surface area contributed by atoms with E-state index in [1.165, 1.54) is 11.1 Å². The van der Waals surface area contributed by atoms with E-state index in [-0.39, 0.29) is 5.38 Å². The number of benzene rings is 1. The second kappa shape index (κ2) is 6.15. The molecule has 0 N–H and O–H groups in total. The summed E-state index contributed by atoms with van der Waals surface area (Å²) in [5.74, 6) is 0.971. The summed E-state index contributed by atoms with van der Waals surface area (Å²) >= 11 is 6.33. The molecule has 4 heteroatoms. The number of imidazole rings is 1. The van der Waals surface area contributed by atoms with Crippen LogP contribution >= 0.6 is 11.6 Å². The Hall–Kier alpha value is -1.06. The molecular weight excluding hydrogens is 270 g/mol. The lowest BCUT2D eigenvalue weighted by Gasteiger charge is -2.20. The number of hydrogen-bond acceptors (Lipinski definition) is 2. The average Bonchev–Trinajstić information content (AvgIpc) is 2.74. The third-order valence-electron chi connectivity index (χ3n) is 3.66. The zero-order chi connectivity index (χ0) is 14.9. The molecule has 2 atom stereocenters. The first-order valence-corrected chi connectivity index (χ1v) is 7.61. The maximum absolute atomic E-state index is 6.33. The van der Waals surface area contributed by atoms with Gasteiger partial charge in [0.25, 0.3) is 0 Å². The Balaban J connectivity index is 2.47. The second-order valence-electron chi connectivity index (χ2n) is 5.89. The van der Waals surface area contributed by atoms with Crippen LogP contribution in [0.15, 0.2) is 18.2 Å². The molecule has 0 saturated heterocycles. The number of aromatic nitrogens is 2. The summed E-state index contributed by atoms with van der Waals surface area (Å²) < 4.78 is 2.31. The maximum atomic E-state index is 6.33. The monoisotopic (exact) mass is 293 g/mol. The van der Waals surface area contributed by atoms with Crippen molar-refractivity contribution in [3.63, 3.8) is 0 Å². The molecule has 110 valence electrons. The smallest absolute Gasteiger partial charge is 0.127 e. The van der Waals surface area contributed by atoms with Crippen LogP contribution in [0.4, 0.5) is 0 Å². The Morgan fingerprint density at radius 1 is 1.30 bits per heavy atom. The fourth-order valence-electron chi connectivity index (χ4n) is 2.54. The van der Waals surface area contributed by atoms with E-state index >= 15 is 0 Å². The molecule has 20 heavy (non-hydrogen) atoms. The van der Waals surface area contributed by atoms with Gasteiger partial charge < -0.3 is 9.47 Å². The number of hydrogen-bond donors (Lipinski definition) is 0. The highest BCUT2D eigenvalue weighted by atomic mass is 35.5. The van der Waals surface area contributed by atoms with Crippen molar-refractivity contribution in [2.75, 3.05) is 20.6 Å². The van der Waals surface area contributed by atoms with Gasteiger partial charge in [-0.1, -0.05) is 6.07 Å². The maximum Gasteiger partial charge on any atom is 0.127 e. The number of aryl methyl sites for hydroxylation is 1. The van der Waals surface area contributed by atoms with Crippen molar-refractivity contribution in [2.24, 2.45) is 0 Å². The molecule has 1 heterocycles. The predicted octanol–water partition coefficient (Wildman–Crippen LogP) is 4.16. The lowest BCUT2D eigenvalue weighted by molar-refractivity contribution is 0.357. The summed E-state index contributed by atoms with van der Waals surface area (Å²) in [7, 11) is 4.21. The largest absolute Gasteiger partial charge is 0.324 e. The number of nitrogens with zero attached hydrogens (tertiary/aromatic N) is 3. The fourth-order valence-corrected chi connectivity index (χ4v) is 2.69. The van der Waals surface area contributed by atoms with E-state index in [2.05, 4.69) is 55.6 Å². The Labute approximate surface area is 126 Å². The molecule has 2 aromatic rings. The Bertz CT molecular complexity index is 587. The van der Waals surface area contributed by atoms with Gasteiger partial charge >= 0.3 is 0 Å². The van der Waals surface area contributed by atoms with Gasteiger partial charge in [0, 0.05) is 6.04 Å². The lowest BCUT2D eigenvalue weighted by Crippen LogP contribution is -2.18. The van der Waals surface area contributed by atoms with Gasteiger partial charge in [-0.3, -0.25) is 0 Å². The highest BCUT2D eigenvalue weighted by Crippen LogP contribution is 2.29. The third-order valence-corrected chi connectivity index (χ3v) is 3.86. The topological polar surface area (TPSA) is 21.1 Å². The predicted molar refractivity (Wildman–Crippen MR) is 86.6 cm³/mol. The van der Waals surface area contributed by atoms with E-state index in [1.54, 1.807) is 0 Å². The first-order chi connectivity index (χ1) is 9.40. The molecule has 0 spiro atoms. The highest BCUT2D eigenvalue weighted by molar-refractivity contribution is 6.20. The number of fused-ring (bicyclic) bond motifs is 1. The van der Waals surface area contributed by atoms with Crippen molar-refractivity contribution in [3.8, 4) is 0 Å². The van der Waals surface area contributed by atoms with Crippen LogP contribution in [-0.4, -0.2) is 35.1 Å². The summed E-state index contributed by atoms with van der Waals surface area (Å²) in [6, 6.07) is 6.78. The van der Waals surface area contributed by atoms with E-state index in [0.717, 1.165) is 24.3 Å². The van der Waals surface area contributed by atoms with E-state index in [1.807, 2.05) is 6.92 Å². The normalized spacial score (nSPS) is 14.9. The summed E-state index contributed by atoms with van der Waals surface area (Å²) in [5, 5.41) is -0.0792. The van der Waals surface area contributed by atoms with Crippen LogP contribution in [0.3, 0.4) is 0 Å². The average molecular weight is 294 g/mol. The van der Waals surface area contributed by atoms with Gasteiger partial charge in [0.05, 0.1) is 16.4 Å². The first-order valence-electron chi connectivity index (χ1n) is 7.17. The van der Waals surface area contributed by atoms with Crippen molar-refractivity contribution in [1.29, 1.82) is 0 Å². The summed E-state index contributed by atoms with van der Waals surface area (Å²) in [5.41, 5.74) is 3.49. The molecule has 2 unspecified atom stereocenters. The molecular formula is C16H24ClN3. The summed E-state index contributed by atoms with van der Waals surface area (Å²) in [6.07, 6.45) is 1.09. The zero-order valence-corrected chi connectivity index (χ0v) is 13.8. The summed E-state index contributed by atoms with van der Waals surface area (Å²) in [6.45, 7) is 7.41. The highest BCUT2D eigenvalue weighted by Gasteiger charge is 2.19. The Kier molecular flexibility index (Phi) is 4.71. The number of halogens is 1. The van der Waals surface area contributed by atoms with Crippen LogP contribution in [0.2, 0.25) is 0 Å². The zero-order valence-electron chi connectivity index (χ0n) is 13.0. The number of rotatable bonds is 5. The fraction of sp³-hybridized carbons (Fsp3) is 0.562. The molecule has 0 aliphatic carbocycles. The van der Waals surface area contributed by atoms with Crippen molar-refractivity contribution < 1.29 is 0 Å². The molecule has 0 saturated carbocycles. The molecule has 2 rings (SSSR count). The molecule has 0 radical (unpaired) electrons. The lowest BCUT2D eigenvalue weighted by atomic mass is 10.2. The van der Waals surface area contributed by atoms with E-state index in [4.69, 9.17) is 16.6 Å². The van der Waals surface area contributed by atoms with E-state index < -0.39 is 0 Å². The molecule has 3 nitrogen and oxygen atoms in total. The van der Waals surface area contributed by atoms with Crippen molar-refractivity contribution in [3.05, 3.63) is 29.6 Å². The van der Waals surface area contributed by atoms with Crippen LogP contribution < -0.4 is 0 Å². The minimum absolute atomic E-state index is 0.0792. The van der Waals surface area contributed by atoms with Gasteiger partial charge in [-0.2, -0.15) is 0 Å². The van der Waals surface area contributed by atoms with Gasteiger partial charge in [0.1, 0.15) is 5.82 Å². The number of alkyl halides is 1. The van der Waals surface area contributed by atoms with Crippen LogP contribution in [0.1, 0.15) is 43.1 Å². The van der Waals surface area contributed by atoms with Gasteiger partial charge in [0.15, 0.2) is 0 Å². The molecule has 0 aliphatic heterocycles. The van der Waals surface area contributed by atoms with E-state index in [0.29, 0.717) is 6.04 Å². The minimum Gasteiger partial charge on any atom is -0.324 e. The summed E-state index contributed by atoms with van der Waals surface area (Å²) in [4.78, 5) is 6.93. The van der Waals surface area contributed by atoms with Gasteiger partial charge in [-0.05, 0) is 65.5 Å². The van der Waals surface area contributed by atoms with Crippen LogP contribution in [0, 0.1) is 6.92 Å². The molecule has 0 fully saturated rings. The quantitative estimate of drug-likeness (QED) is 0.772. The van der Waals surface area contributed by atoms with Crippen LogP contribution in [0.25, 0.3) is 11.0 Å². The molecule has 0 bridgehead atoms. The molecule has 0 amide bonds. The SMILES string of the molecule is Cc1ccc2nc(C(C)Cl)n(C(C)CCN(C)C)c2c1. The third kappa shape index (κ3) is 3.15. The van der Waals surface area contributed by atoms with Crippen molar-refractivity contribution in [1.82, 2.24) is 14.5 Å². The van der Waals surface area contributed by atoms with Crippen molar-refractivity contribution in [2.45, 2.75) is 38.6 Å². The van der Waals surface area contributed by atoms with Crippen LogP contribution in [0.5, 0.6) is 0 Å². The molecule has 1 aromatic heterocycles. The van der Waals surface area contributed by atoms with Crippen LogP contribution in [-0.2, 0) is 0 Å².